The van der Waals surface area contributed by atoms with Gasteiger partial charge in [-0.25, -0.2) is 5.10 Å². The molecular formula is C15H11ClN4OS. The number of rotatable bonds is 3. The summed E-state index contributed by atoms with van der Waals surface area (Å²) in [5.74, 6) is 0.711. The van der Waals surface area contributed by atoms with E-state index in [1.165, 1.54) is 10.9 Å². The summed E-state index contributed by atoms with van der Waals surface area (Å²) in [6, 6.07) is 14.1. The first-order valence-corrected chi connectivity index (χ1v) is 7.19. The number of phenolic OH excluding ortho intramolecular Hbond substituents is 1. The predicted molar refractivity (Wildman–Crippen MR) is 89.0 cm³/mol. The Balaban J connectivity index is 2.01. The molecule has 3 rings (SSSR count). The van der Waals surface area contributed by atoms with Crippen molar-refractivity contribution in [3.05, 3.63) is 63.9 Å². The van der Waals surface area contributed by atoms with Crippen LogP contribution in [0.2, 0.25) is 5.02 Å². The number of halogens is 1. The Bertz CT molecular complexity index is 883. The molecule has 0 unspecified atom stereocenters. The highest BCUT2D eigenvalue weighted by molar-refractivity contribution is 7.71. The van der Waals surface area contributed by atoms with Gasteiger partial charge in [0.05, 0.1) is 6.21 Å². The standard InChI is InChI=1S/C15H11ClN4OS/c16-12-7-5-10(6-8-12)14-18-19-15(22)20(14)17-9-11-3-1-2-4-13(11)21/h1-9,21H,(H,19,22)/b17-9+. The first-order valence-electron chi connectivity index (χ1n) is 6.41. The van der Waals surface area contributed by atoms with Gasteiger partial charge < -0.3 is 5.11 Å². The first-order chi connectivity index (χ1) is 10.6. The van der Waals surface area contributed by atoms with E-state index in [2.05, 4.69) is 15.3 Å². The maximum Gasteiger partial charge on any atom is 0.216 e. The molecule has 2 aromatic carbocycles. The Kier molecular flexibility index (Phi) is 4.04. The molecule has 0 aliphatic heterocycles. The zero-order valence-electron chi connectivity index (χ0n) is 11.3. The fourth-order valence-corrected chi connectivity index (χ4v) is 2.21. The van der Waals surface area contributed by atoms with Crippen molar-refractivity contribution >= 4 is 30.0 Å². The maximum absolute atomic E-state index is 9.76. The van der Waals surface area contributed by atoms with Crippen LogP contribution in [0.4, 0.5) is 0 Å². The molecule has 0 aliphatic rings. The van der Waals surface area contributed by atoms with E-state index >= 15 is 0 Å². The second-order valence-corrected chi connectivity index (χ2v) is 5.30. The van der Waals surface area contributed by atoms with Gasteiger partial charge in [-0.1, -0.05) is 23.7 Å². The summed E-state index contributed by atoms with van der Waals surface area (Å²) in [6.45, 7) is 0. The number of aromatic nitrogens is 3. The maximum atomic E-state index is 9.76. The third kappa shape index (κ3) is 2.93. The van der Waals surface area contributed by atoms with Crippen LogP contribution < -0.4 is 0 Å². The monoisotopic (exact) mass is 330 g/mol. The van der Waals surface area contributed by atoms with Gasteiger partial charge in [0.25, 0.3) is 0 Å². The van der Waals surface area contributed by atoms with Crippen LogP contribution >= 0.6 is 23.8 Å². The van der Waals surface area contributed by atoms with Crippen LogP contribution in [0.3, 0.4) is 0 Å². The van der Waals surface area contributed by atoms with Gasteiger partial charge in [-0.05, 0) is 48.6 Å². The number of nitrogens with zero attached hydrogens (tertiary/aromatic N) is 3. The van der Waals surface area contributed by atoms with Crippen LogP contribution in [-0.4, -0.2) is 26.2 Å². The highest BCUT2D eigenvalue weighted by Gasteiger charge is 2.08. The van der Waals surface area contributed by atoms with Crippen molar-refractivity contribution in [2.75, 3.05) is 0 Å². The lowest BCUT2D eigenvalue weighted by Gasteiger charge is -2.01. The van der Waals surface area contributed by atoms with Crippen LogP contribution in [0, 0.1) is 4.77 Å². The molecular weight excluding hydrogens is 320 g/mol. The molecule has 22 heavy (non-hydrogen) atoms. The van der Waals surface area contributed by atoms with E-state index in [-0.39, 0.29) is 5.75 Å². The number of benzene rings is 2. The van der Waals surface area contributed by atoms with Crippen LogP contribution in [0.1, 0.15) is 5.56 Å². The highest BCUT2D eigenvalue weighted by Crippen LogP contribution is 2.20. The highest BCUT2D eigenvalue weighted by atomic mass is 35.5. The number of phenols is 1. The lowest BCUT2D eigenvalue weighted by molar-refractivity contribution is 0.474. The third-order valence-electron chi connectivity index (χ3n) is 3.00. The molecule has 0 radical (unpaired) electrons. The van der Waals surface area contributed by atoms with Gasteiger partial charge in [0, 0.05) is 16.1 Å². The van der Waals surface area contributed by atoms with Crippen molar-refractivity contribution in [2.45, 2.75) is 0 Å². The predicted octanol–water partition coefficient (Wildman–Crippen LogP) is 3.85. The lowest BCUT2D eigenvalue weighted by atomic mass is 10.2. The summed E-state index contributed by atoms with van der Waals surface area (Å²) in [5.41, 5.74) is 1.42. The number of aromatic amines is 1. The fraction of sp³-hybridized carbons (Fsp3) is 0. The Morgan fingerprint density at radius 2 is 1.91 bits per heavy atom. The van der Waals surface area contributed by atoms with Crippen molar-refractivity contribution in [1.82, 2.24) is 14.9 Å². The molecule has 5 nitrogen and oxygen atoms in total. The molecule has 1 heterocycles. The van der Waals surface area contributed by atoms with Crippen LogP contribution in [0.25, 0.3) is 11.4 Å². The third-order valence-corrected chi connectivity index (χ3v) is 3.52. The molecule has 0 bridgehead atoms. The van der Waals surface area contributed by atoms with Crippen molar-refractivity contribution in [3.63, 3.8) is 0 Å². The van der Waals surface area contributed by atoms with E-state index in [0.29, 0.717) is 21.2 Å². The Labute approximate surface area is 136 Å². The van der Waals surface area contributed by atoms with E-state index in [4.69, 9.17) is 23.8 Å². The largest absolute Gasteiger partial charge is 0.507 e. The van der Waals surface area contributed by atoms with Gasteiger partial charge in [0.1, 0.15) is 5.75 Å². The summed E-state index contributed by atoms with van der Waals surface area (Å²) in [4.78, 5) is 0. The molecule has 0 saturated carbocycles. The molecule has 2 N–H and O–H groups in total. The number of para-hydroxylation sites is 1. The second kappa shape index (κ2) is 6.13. The van der Waals surface area contributed by atoms with Crippen LogP contribution in [-0.2, 0) is 0 Å². The fourth-order valence-electron chi connectivity index (χ4n) is 1.90. The minimum Gasteiger partial charge on any atom is -0.507 e. The van der Waals surface area contributed by atoms with Crippen LogP contribution in [0.5, 0.6) is 5.75 Å². The number of nitrogens with one attached hydrogen (secondary N) is 1. The summed E-state index contributed by atoms with van der Waals surface area (Å²) < 4.78 is 1.85. The molecule has 0 aliphatic carbocycles. The van der Waals surface area contributed by atoms with Crippen molar-refractivity contribution in [1.29, 1.82) is 0 Å². The average Bonchev–Trinajstić information content (AvgIpc) is 2.88. The summed E-state index contributed by atoms with van der Waals surface area (Å²) in [5, 5.41) is 21.6. The second-order valence-electron chi connectivity index (χ2n) is 4.47. The van der Waals surface area contributed by atoms with Gasteiger partial charge >= 0.3 is 0 Å². The number of aromatic hydroxyl groups is 1. The number of H-pyrrole nitrogens is 1. The normalized spacial score (nSPS) is 11.1. The Hall–Kier alpha value is -2.44. The molecule has 0 spiro atoms. The molecule has 3 aromatic rings. The average molecular weight is 331 g/mol. The SMILES string of the molecule is Oc1ccccc1/C=N/n1c(-c2ccc(Cl)cc2)n[nH]c1=S. The molecule has 0 fully saturated rings. The summed E-state index contributed by atoms with van der Waals surface area (Å²) >= 11 is 11.1. The molecule has 1 aromatic heterocycles. The first kappa shape index (κ1) is 14.5. The quantitative estimate of drug-likeness (QED) is 0.566. The molecule has 7 heteroatoms. The van der Waals surface area contributed by atoms with Crippen molar-refractivity contribution < 1.29 is 5.11 Å². The van der Waals surface area contributed by atoms with E-state index in [1.807, 2.05) is 18.2 Å². The van der Waals surface area contributed by atoms with E-state index < -0.39 is 0 Å². The molecule has 0 saturated heterocycles. The smallest absolute Gasteiger partial charge is 0.216 e. The van der Waals surface area contributed by atoms with Crippen LogP contribution in [0.15, 0.2) is 53.6 Å². The van der Waals surface area contributed by atoms with E-state index in [9.17, 15) is 5.11 Å². The van der Waals surface area contributed by atoms with Crippen molar-refractivity contribution in [3.8, 4) is 17.1 Å². The van der Waals surface area contributed by atoms with E-state index in [0.717, 1.165) is 5.56 Å². The zero-order valence-corrected chi connectivity index (χ0v) is 12.8. The topological polar surface area (TPSA) is 66.2 Å². The Morgan fingerprint density at radius 3 is 2.64 bits per heavy atom. The van der Waals surface area contributed by atoms with Gasteiger partial charge in [-0.15, -0.1) is 0 Å². The molecule has 110 valence electrons. The Morgan fingerprint density at radius 1 is 1.18 bits per heavy atom. The minimum atomic E-state index is 0.148. The van der Waals surface area contributed by atoms with Gasteiger partial charge in [-0.3, -0.25) is 0 Å². The number of hydrogen-bond donors (Lipinski definition) is 2. The molecule has 0 atom stereocenters. The van der Waals surface area contributed by atoms with E-state index in [1.54, 1.807) is 30.3 Å². The van der Waals surface area contributed by atoms with Gasteiger partial charge in [0.2, 0.25) is 4.77 Å². The molecule has 0 amide bonds. The zero-order chi connectivity index (χ0) is 15.5. The van der Waals surface area contributed by atoms with Gasteiger partial charge in [0.15, 0.2) is 5.82 Å². The summed E-state index contributed by atoms with van der Waals surface area (Å²) in [7, 11) is 0. The minimum absolute atomic E-state index is 0.148. The lowest BCUT2D eigenvalue weighted by Crippen LogP contribution is -1.95. The number of hydrogen-bond acceptors (Lipinski definition) is 4. The summed E-state index contributed by atoms with van der Waals surface area (Å²) in [6.07, 6.45) is 1.53. The van der Waals surface area contributed by atoms with Gasteiger partial charge in [-0.2, -0.15) is 14.9 Å². The van der Waals surface area contributed by atoms with Crippen molar-refractivity contribution in [2.24, 2.45) is 5.10 Å².